The first-order valence-electron chi connectivity index (χ1n) is 9.72. The van der Waals surface area contributed by atoms with Crippen LogP contribution >= 0.6 is 0 Å². The van der Waals surface area contributed by atoms with E-state index in [9.17, 15) is 0 Å². The predicted molar refractivity (Wildman–Crippen MR) is 108 cm³/mol. The molecule has 2 heterocycles. The quantitative estimate of drug-likeness (QED) is 0.726. The lowest BCUT2D eigenvalue weighted by Gasteiger charge is -2.23. The molecule has 1 aromatic heterocycles. The fourth-order valence-corrected chi connectivity index (χ4v) is 3.54. The first-order valence-corrected chi connectivity index (χ1v) is 9.72. The predicted octanol–water partition coefficient (Wildman–Crippen LogP) is 2.78. The van der Waals surface area contributed by atoms with Crippen LogP contribution in [0.15, 0.2) is 29.7 Å². The molecule has 1 fully saturated rings. The van der Waals surface area contributed by atoms with Crippen LogP contribution in [0.5, 0.6) is 0 Å². The van der Waals surface area contributed by atoms with E-state index < -0.39 is 0 Å². The molecule has 0 aromatic carbocycles. The Labute approximate surface area is 161 Å². The first-order chi connectivity index (χ1) is 13.1. The van der Waals surface area contributed by atoms with Gasteiger partial charge in [-0.3, -0.25) is 0 Å². The molecule has 2 N–H and O–H groups in total. The van der Waals surface area contributed by atoms with Crippen molar-refractivity contribution in [2.24, 2.45) is 5.92 Å². The number of hydrogen-bond acceptors (Lipinski definition) is 7. The zero-order valence-corrected chi connectivity index (χ0v) is 16.8. The Balaban J connectivity index is 1.63. The van der Waals surface area contributed by atoms with Gasteiger partial charge in [-0.05, 0) is 45.0 Å². The third-order valence-corrected chi connectivity index (χ3v) is 5.09. The molecule has 0 amide bonds. The maximum absolute atomic E-state index is 6.15. The third-order valence-electron chi connectivity index (χ3n) is 5.09. The number of anilines is 2. The largest absolute Gasteiger partial charge is 0.493 e. The number of methoxy groups -OCH3 is 1. The van der Waals surface area contributed by atoms with Crippen LogP contribution in [0.3, 0.4) is 0 Å². The highest BCUT2D eigenvalue weighted by molar-refractivity contribution is 5.43. The summed E-state index contributed by atoms with van der Waals surface area (Å²) in [5, 5.41) is 6.45. The molecule has 1 saturated heterocycles. The van der Waals surface area contributed by atoms with Gasteiger partial charge in [0.15, 0.2) is 11.5 Å². The first kappa shape index (κ1) is 19.5. The van der Waals surface area contributed by atoms with Crippen molar-refractivity contribution < 1.29 is 9.47 Å². The second kappa shape index (κ2) is 9.08. The summed E-state index contributed by atoms with van der Waals surface area (Å²) >= 11 is 0. The lowest BCUT2D eigenvalue weighted by molar-refractivity contribution is 0.141. The van der Waals surface area contributed by atoms with Crippen LogP contribution in [-0.2, 0) is 9.47 Å². The minimum Gasteiger partial charge on any atom is -0.493 e. The minimum absolute atomic E-state index is 0.0705. The second-order valence-electron chi connectivity index (χ2n) is 7.12. The summed E-state index contributed by atoms with van der Waals surface area (Å²) in [5.41, 5.74) is 0.919. The zero-order chi connectivity index (χ0) is 19.2. The molecular formula is C20H31N5O2. The Morgan fingerprint density at radius 2 is 2.15 bits per heavy atom. The van der Waals surface area contributed by atoms with E-state index in [1.807, 2.05) is 20.0 Å². The van der Waals surface area contributed by atoms with Gasteiger partial charge in [0.1, 0.15) is 5.82 Å². The standard InChI is InChI=1S/C20H31N5O2/c1-5-25-9-8-15(12-25)13-27-18-11-16(6-7-17(18)26-4)23-20-22-14(2)10-19(21-3)24-20/h7,10-11,15-16H,5-6,8-9,12-13H2,1-4H3,(H2,21,22,23,24)/t15?,16-/m0/s1. The van der Waals surface area contributed by atoms with Crippen molar-refractivity contribution in [3.8, 4) is 0 Å². The van der Waals surface area contributed by atoms with E-state index in [1.54, 1.807) is 7.11 Å². The van der Waals surface area contributed by atoms with Crippen LogP contribution in [0.2, 0.25) is 0 Å². The number of aromatic nitrogens is 2. The summed E-state index contributed by atoms with van der Waals surface area (Å²) in [6, 6.07) is 1.99. The summed E-state index contributed by atoms with van der Waals surface area (Å²) in [4.78, 5) is 11.4. The molecule has 3 rings (SSSR count). The van der Waals surface area contributed by atoms with Crippen molar-refractivity contribution in [2.45, 2.75) is 32.7 Å². The summed E-state index contributed by atoms with van der Waals surface area (Å²) in [5.74, 6) is 3.60. The van der Waals surface area contributed by atoms with E-state index >= 15 is 0 Å². The Morgan fingerprint density at radius 3 is 2.85 bits per heavy atom. The average Bonchev–Trinajstić information content (AvgIpc) is 3.14. The van der Waals surface area contributed by atoms with Crippen LogP contribution in [-0.4, -0.2) is 61.3 Å². The van der Waals surface area contributed by atoms with Gasteiger partial charge in [0.2, 0.25) is 5.95 Å². The van der Waals surface area contributed by atoms with E-state index in [2.05, 4.69) is 44.6 Å². The van der Waals surface area contributed by atoms with Crippen LogP contribution in [0.25, 0.3) is 0 Å². The molecule has 148 valence electrons. The Kier molecular flexibility index (Phi) is 6.55. The van der Waals surface area contributed by atoms with Gasteiger partial charge >= 0.3 is 0 Å². The molecule has 0 radical (unpaired) electrons. The van der Waals surface area contributed by atoms with Crippen LogP contribution < -0.4 is 10.6 Å². The lowest BCUT2D eigenvalue weighted by Crippen LogP contribution is -2.24. The summed E-state index contributed by atoms with van der Waals surface area (Å²) in [6.45, 7) is 8.28. The van der Waals surface area contributed by atoms with Gasteiger partial charge in [-0.1, -0.05) is 6.92 Å². The van der Waals surface area contributed by atoms with Crippen molar-refractivity contribution in [2.75, 3.05) is 51.0 Å². The topological polar surface area (TPSA) is 71.5 Å². The number of aryl methyl sites for hydroxylation is 1. The molecule has 2 atom stereocenters. The van der Waals surface area contributed by atoms with Gasteiger partial charge in [-0.15, -0.1) is 0 Å². The Morgan fingerprint density at radius 1 is 1.30 bits per heavy atom. The highest BCUT2D eigenvalue weighted by atomic mass is 16.5. The molecule has 0 spiro atoms. The molecule has 2 aliphatic rings. The molecule has 1 aliphatic heterocycles. The number of nitrogens with zero attached hydrogens (tertiary/aromatic N) is 3. The third kappa shape index (κ3) is 5.13. The van der Waals surface area contributed by atoms with Crippen molar-refractivity contribution in [1.29, 1.82) is 0 Å². The van der Waals surface area contributed by atoms with E-state index in [-0.39, 0.29) is 6.04 Å². The van der Waals surface area contributed by atoms with Gasteiger partial charge in [-0.25, -0.2) is 4.98 Å². The van der Waals surface area contributed by atoms with Gasteiger partial charge in [-0.2, -0.15) is 4.98 Å². The number of rotatable bonds is 8. The van der Waals surface area contributed by atoms with Crippen LogP contribution in [0.1, 0.15) is 25.5 Å². The maximum atomic E-state index is 6.15. The normalized spacial score (nSPS) is 22.8. The highest BCUT2D eigenvalue weighted by Gasteiger charge is 2.24. The zero-order valence-electron chi connectivity index (χ0n) is 16.8. The smallest absolute Gasteiger partial charge is 0.225 e. The monoisotopic (exact) mass is 373 g/mol. The summed E-state index contributed by atoms with van der Waals surface area (Å²) < 4.78 is 11.7. The molecule has 7 heteroatoms. The lowest BCUT2D eigenvalue weighted by atomic mass is 10.1. The number of likely N-dealkylation sites (tertiary alicyclic amines) is 1. The van der Waals surface area contributed by atoms with Crippen molar-refractivity contribution in [1.82, 2.24) is 14.9 Å². The fraction of sp³-hybridized carbons (Fsp3) is 0.600. The molecule has 1 aromatic rings. The molecule has 1 unspecified atom stereocenters. The average molecular weight is 374 g/mol. The van der Waals surface area contributed by atoms with Crippen LogP contribution in [0, 0.1) is 12.8 Å². The molecular weight excluding hydrogens is 342 g/mol. The number of hydrogen-bond donors (Lipinski definition) is 2. The van der Waals surface area contributed by atoms with E-state index in [0.717, 1.165) is 49.1 Å². The fourth-order valence-electron chi connectivity index (χ4n) is 3.54. The van der Waals surface area contributed by atoms with Gasteiger partial charge in [0.05, 0.1) is 19.8 Å². The Hall–Kier alpha value is -2.28. The highest BCUT2D eigenvalue weighted by Crippen LogP contribution is 2.25. The molecule has 1 aliphatic carbocycles. The number of nitrogens with one attached hydrogen (secondary N) is 2. The van der Waals surface area contributed by atoms with E-state index in [1.165, 1.54) is 13.0 Å². The maximum Gasteiger partial charge on any atom is 0.225 e. The van der Waals surface area contributed by atoms with Crippen molar-refractivity contribution >= 4 is 11.8 Å². The van der Waals surface area contributed by atoms with Gasteiger partial charge in [0.25, 0.3) is 0 Å². The molecule has 7 nitrogen and oxygen atoms in total. The van der Waals surface area contributed by atoms with Crippen LogP contribution in [0.4, 0.5) is 11.8 Å². The summed E-state index contributed by atoms with van der Waals surface area (Å²) in [6.07, 6.45) is 6.14. The van der Waals surface area contributed by atoms with E-state index in [0.29, 0.717) is 11.9 Å². The van der Waals surface area contributed by atoms with Crippen molar-refractivity contribution in [3.63, 3.8) is 0 Å². The van der Waals surface area contributed by atoms with Crippen molar-refractivity contribution in [3.05, 3.63) is 35.4 Å². The van der Waals surface area contributed by atoms with Gasteiger partial charge in [0, 0.05) is 31.3 Å². The molecule has 0 bridgehead atoms. The van der Waals surface area contributed by atoms with Gasteiger partial charge < -0.3 is 25.0 Å². The SMILES string of the molecule is CCN1CCC(COC2=C[C@@H](Nc3nc(C)cc(NC)n3)CC=C2OC)C1. The Bertz CT molecular complexity index is 704. The molecule has 0 saturated carbocycles. The second-order valence-corrected chi connectivity index (χ2v) is 7.12. The van der Waals surface area contributed by atoms with E-state index in [4.69, 9.17) is 9.47 Å². The summed E-state index contributed by atoms with van der Waals surface area (Å²) in [7, 11) is 3.54. The minimum atomic E-state index is 0.0705. The molecule has 27 heavy (non-hydrogen) atoms. The number of ether oxygens (including phenoxy) is 2.